The lowest BCUT2D eigenvalue weighted by molar-refractivity contribution is 0.210. The minimum Gasteiger partial charge on any atom is -0.383 e. The Morgan fingerprint density at radius 3 is 2.88 bits per heavy atom. The molecule has 0 fully saturated rings. The van der Waals surface area contributed by atoms with Gasteiger partial charge in [-0.05, 0) is 25.5 Å². The van der Waals surface area contributed by atoms with Gasteiger partial charge in [-0.2, -0.15) is 5.26 Å². The van der Waals surface area contributed by atoms with Gasteiger partial charge in [0, 0.05) is 38.7 Å². The molecule has 3 heterocycles. The van der Waals surface area contributed by atoms with E-state index in [0.29, 0.717) is 12.3 Å². The number of fused-ring (bicyclic) bond motifs is 1. The average Bonchev–Trinajstić information content (AvgIpc) is 2.84. The SMILES string of the molecule is COCCNc1nc(C)nc2c1CCN(c1cccc(C#N)n1)CC2. The smallest absolute Gasteiger partial charge is 0.142 e. The van der Waals surface area contributed by atoms with Crippen molar-refractivity contribution in [2.75, 3.05) is 43.6 Å². The van der Waals surface area contributed by atoms with Gasteiger partial charge in [-0.3, -0.25) is 0 Å². The van der Waals surface area contributed by atoms with Gasteiger partial charge in [-0.25, -0.2) is 15.0 Å². The van der Waals surface area contributed by atoms with Crippen LogP contribution in [0, 0.1) is 18.3 Å². The molecule has 0 spiro atoms. The third-order valence-electron chi connectivity index (χ3n) is 4.23. The van der Waals surface area contributed by atoms with Gasteiger partial charge in [-0.15, -0.1) is 0 Å². The molecule has 1 aliphatic heterocycles. The summed E-state index contributed by atoms with van der Waals surface area (Å²) < 4.78 is 5.11. The summed E-state index contributed by atoms with van der Waals surface area (Å²) >= 11 is 0. The van der Waals surface area contributed by atoms with Crippen LogP contribution < -0.4 is 10.2 Å². The number of aromatic nitrogens is 3. The van der Waals surface area contributed by atoms with Gasteiger partial charge in [-0.1, -0.05) is 6.07 Å². The molecule has 7 nitrogen and oxygen atoms in total. The zero-order valence-corrected chi connectivity index (χ0v) is 14.6. The third kappa shape index (κ3) is 4.03. The highest BCUT2D eigenvalue weighted by atomic mass is 16.5. The van der Waals surface area contributed by atoms with E-state index in [0.717, 1.165) is 55.6 Å². The van der Waals surface area contributed by atoms with E-state index in [2.05, 4.69) is 31.2 Å². The summed E-state index contributed by atoms with van der Waals surface area (Å²) in [6, 6.07) is 7.65. The zero-order chi connectivity index (χ0) is 17.6. The number of nitriles is 1. The Morgan fingerprint density at radius 2 is 2.08 bits per heavy atom. The molecule has 130 valence electrons. The number of nitrogens with zero attached hydrogens (tertiary/aromatic N) is 5. The summed E-state index contributed by atoms with van der Waals surface area (Å²) in [7, 11) is 1.69. The lowest BCUT2D eigenvalue weighted by Crippen LogP contribution is -2.27. The van der Waals surface area contributed by atoms with Crippen LogP contribution in [0.5, 0.6) is 0 Å². The van der Waals surface area contributed by atoms with E-state index in [-0.39, 0.29) is 0 Å². The maximum Gasteiger partial charge on any atom is 0.142 e. The highest BCUT2D eigenvalue weighted by Crippen LogP contribution is 2.23. The molecular formula is C18H22N6O. The van der Waals surface area contributed by atoms with Crippen molar-refractivity contribution in [3.8, 4) is 6.07 Å². The van der Waals surface area contributed by atoms with Gasteiger partial charge in [0.25, 0.3) is 0 Å². The van der Waals surface area contributed by atoms with Crippen molar-refractivity contribution in [1.82, 2.24) is 15.0 Å². The summed E-state index contributed by atoms with van der Waals surface area (Å²) in [4.78, 5) is 15.8. The summed E-state index contributed by atoms with van der Waals surface area (Å²) in [6.07, 6.45) is 1.67. The maximum absolute atomic E-state index is 9.06. The second kappa shape index (κ2) is 7.90. The third-order valence-corrected chi connectivity index (χ3v) is 4.23. The van der Waals surface area contributed by atoms with Crippen molar-refractivity contribution in [1.29, 1.82) is 5.26 Å². The van der Waals surface area contributed by atoms with Crippen LogP contribution in [-0.4, -0.2) is 48.3 Å². The molecule has 0 aliphatic carbocycles. The van der Waals surface area contributed by atoms with E-state index < -0.39 is 0 Å². The fraction of sp³-hybridized carbons (Fsp3) is 0.444. The number of ether oxygens (including phenoxy) is 1. The average molecular weight is 338 g/mol. The number of hydrogen-bond donors (Lipinski definition) is 1. The molecule has 0 atom stereocenters. The Morgan fingerprint density at radius 1 is 1.24 bits per heavy atom. The molecule has 3 rings (SSSR count). The molecule has 2 aromatic rings. The van der Waals surface area contributed by atoms with E-state index in [1.165, 1.54) is 5.56 Å². The van der Waals surface area contributed by atoms with E-state index in [4.69, 9.17) is 10.00 Å². The van der Waals surface area contributed by atoms with E-state index in [1.54, 1.807) is 13.2 Å². The van der Waals surface area contributed by atoms with Crippen molar-refractivity contribution in [3.63, 3.8) is 0 Å². The lowest BCUT2D eigenvalue weighted by atomic mass is 10.1. The predicted molar refractivity (Wildman–Crippen MR) is 95.7 cm³/mol. The minimum absolute atomic E-state index is 0.441. The first-order valence-corrected chi connectivity index (χ1v) is 8.42. The summed E-state index contributed by atoms with van der Waals surface area (Å²) in [5, 5.41) is 12.4. The quantitative estimate of drug-likeness (QED) is 0.831. The van der Waals surface area contributed by atoms with Gasteiger partial charge in [0.1, 0.15) is 29.2 Å². The number of anilines is 2. The monoisotopic (exact) mass is 338 g/mol. The number of nitrogens with one attached hydrogen (secondary N) is 1. The van der Waals surface area contributed by atoms with Gasteiger partial charge < -0.3 is 15.0 Å². The molecule has 0 aromatic carbocycles. The van der Waals surface area contributed by atoms with Crippen LogP contribution in [0.25, 0.3) is 0 Å². The van der Waals surface area contributed by atoms with Crippen LogP contribution in [0.2, 0.25) is 0 Å². The standard InChI is InChI=1S/C18H22N6O/c1-13-21-16-7-10-24(17-5-3-4-14(12-19)23-17)9-6-15(16)18(22-13)20-8-11-25-2/h3-5H,6-11H2,1-2H3,(H,20,21,22). The highest BCUT2D eigenvalue weighted by molar-refractivity contribution is 5.50. The van der Waals surface area contributed by atoms with Gasteiger partial charge >= 0.3 is 0 Å². The maximum atomic E-state index is 9.06. The molecule has 2 aromatic heterocycles. The molecule has 0 amide bonds. The summed E-state index contributed by atoms with van der Waals surface area (Å²) in [5.74, 6) is 2.52. The lowest BCUT2D eigenvalue weighted by Gasteiger charge is -2.21. The Hall–Kier alpha value is -2.72. The molecule has 0 radical (unpaired) electrons. The second-order valence-electron chi connectivity index (χ2n) is 5.94. The molecule has 25 heavy (non-hydrogen) atoms. The van der Waals surface area contributed by atoms with Crippen molar-refractivity contribution in [2.45, 2.75) is 19.8 Å². The van der Waals surface area contributed by atoms with Crippen LogP contribution in [-0.2, 0) is 17.6 Å². The van der Waals surface area contributed by atoms with E-state index in [9.17, 15) is 0 Å². The molecule has 1 aliphatic rings. The van der Waals surface area contributed by atoms with Crippen molar-refractivity contribution >= 4 is 11.6 Å². The van der Waals surface area contributed by atoms with Crippen molar-refractivity contribution in [3.05, 3.63) is 41.0 Å². The number of aryl methyl sites for hydroxylation is 1. The van der Waals surface area contributed by atoms with Crippen LogP contribution in [0.15, 0.2) is 18.2 Å². The summed E-state index contributed by atoms with van der Waals surface area (Å²) in [5.41, 5.74) is 2.70. The highest BCUT2D eigenvalue weighted by Gasteiger charge is 2.20. The Kier molecular flexibility index (Phi) is 5.41. The van der Waals surface area contributed by atoms with E-state index >= 15 is 0 Å². The van der Waals surface area contributed by atoms with E-state index in [1.807, 2.05) is 19.1 Å². The normalized spacial score (nSPS) is 13.7. The molecule has 1 N–H and O–H groups in total. The largest absolute Gasteiger partial charge is 0.383 e. The Balaban J connectivity index is 1.81. The summed E-state index contributed by atoms with van der Waals surface area (Å²) in [6.45, 7) is 4.91. The van der Waals surface area contributed by atoms with Crippen LogP contribution >= 0.6 is 0 Å². The zero-order valence-electron chi connectivity index (χ0n) is 14.6. The molecule has 0 saturated carbocycles. The molecule has 0 bridgehead atoms. The molecular weight excluding hydrogens is 316 g/mol. The van der Waals surface area contributed by atoms with Gasteiger partial charge in [0.05, 0.1) is 12.3 Å². The fourth-order valence-corrected chi connectivity index (χ4v) is 3.03. The number of pyridine rings is 1. The number of hydrogen-bond acceptors (Lipinski definition) is 7. The Bertz CT molecular complexity index is 786. The predicted octanol–water partition coefficient (Wildman–Crippen LogP) is 1.72. The number of rotatable bonds is 5. The molecule has 7 heteroatoms. The molecule has 0 unspecified atom stereocenters. The van der Waals surface area contributed by atoms with Crippen molar-refractivity contribution < 1.29 is 4.74 Å². The fourth-order valence-electron chi connectivity index (χ4n) is 3.03. The first-order valence-electron chi connectivity index (χ1n) is 8.42. The second-order valence-corrected chi connectivity index (χ2v) is 5.94. The molecule has 0 saturated heterocycles. The van der Waals surface area contributed by atoms with Crippen molar-refractivity contribution in [2.24, 2.45) is 0 Å². The van der Waals surface area contributed by atoms with Gasteiger partial charge in [0.2, 0.25) is 0 Å². The topological polar surface area (TPSA) is 87.0 Å². The van der Waals surface area contributed by atoms with Gasteiger partial charge in [0.15, 0.2) is 0 Å². The van der Waals surface area contributed by atoms with Crippen LogP contribution in [0.4, 0.5) is 11.6 Å². The van der Waals surface area contributed by atoms with Crippen LogP contribution in [0.3, 0.4) is 0 Å². The first kappa shape index (κ1) is 17.1. The minimum atomic E-state index is 0.441. The number of methoxy groups -OCH3 is 1. The Labute approximate surface area is 147 Å². The van der Waals surface area contributed by atoms with Crippen LogP contribution in [0.1, 0.15) is 22.8 Å². The first-order chi connectivity index (χ1) is 12.2.